The average Bonchev–Trinajstić information content (AvgIpc) is 3.07. The second-order valence-corrected chi connectivity index (χ2v) is 5.14. The van der Waals surface area contributed by atoms with Crippen molar-refractivity contribution in [1.82, 2.24) is 20.9 Å². The second kappa shape index (κ2) is 3.70. The van der Waals surface area contributed by atoms with Crippen molar-refractivity contribution in [1.29, 1.82) is 0 Å². The quantitative estimate of drug-likeness (QED) is 0.651. The van der Waals surface area contributed by atoms with Crippen LogP contribution < -0.4 is 10.9 Å². The summed E-state index contributed by atoms with van der Waals surface area (Å²) in [5.41, 5.74) is 7.42. The third-order valence-corrected chi connectivity index (χ3v) is 3.98. The van der Waals surface area contributed by atoms with Gasteiger partial charge in [0.15, 0.2) is 0 Å². The van der Waals surface area contributed by atoms with Gasteiger partial charge in [0.05, 0.1) is 11.3 Å². The first-order valence-electron chi connectivity index (χ1n) is 6.15. The van der Waals surface area contributed by atoms with Gasteiger partial charge in [0.2, 0.25) is 0 Å². The van der Waals surface area contributed by atoms with Gasteiger partial charge in [-0.1, -0.05) is 13.8 Å². The third kappa shape index (κ3) is 2.18. The van der Waals surface area contributed by atoms with Gasteiger partial charge < -0.3 is 0 Å². The van der Waals surface area contributed by atoms with E-state index in [2.05, 4.69) is 48.6 Å². The van der Waals surface area contributed by atoms with E-state index in [1.165, 1.54) is 19.3 Å². The zero-order valence-electron chi connectivity index (χ0n) is 10.4. The van der Waals surface area contributed by atoms with Crippen molar-refractivity contribution in [2.45, 2.75) is 58.3 Å². The van der Waals surface area contributed by atoms with Crippen LogP contribution in [0.4, 0.5) is 0 Å². The van der Waals surface area contributed by atoms with Crippen LogP contribution in [-0.4, -0.2) is 34.4 Å². The van der Waals surface area contributed by atoms with E-state index in [0.29, 0.717) is 11.3 Å². The SMILES string of the molecule is CCC1(C)NN1CCCN1N[C@]1(C)CC. The summed E-state index contributed by atoms with van der Waals surface area (Å²) in [6.07, 6.45) is 3.59. The van der Waals surface area contributed by atoms with Crippen molar-refractivity contribution in [3.63, 3.8) is 0 Å². The van der Waals surface area contributed by atoms with Crippen molar-refractivity contribution in [2.24, 2.45) is 0 Å². The molecule has 4 nitrogen and oxygen atoms in total. The Hall–Kier alpha value is -0.160. The second-order valence-electron chi connectivity index (χ2n) is 5.14. The lowest BCUT2D eigenvalue weighted by atomic mass is 10.2. The highest BCUT2D eigenvalue weighted by molar-refractivity contribution is 4.94. The third-order valence-electron chi connectivity index (χ3n) is 3.98. The topological polar surface area (TPSA) is 49.9 Å². The molecule has 0 saturated carbocycles. The van der Waals surface area contributed by atoms with Crippen LogP contribution >= 0.6 is 0 Å². The highest BCUT2D eigenvalue weighted by Gasteiger charge is 2.47. The van der Waals surface area contributed by atoms with Gasteiger partial charge in [-0.2, -0.15) is 0 Å². The summed E-state index contributed by atoms with van der Waals surface area (Å²) in [6, 6.07) is 0. The molecular weight excluding hydrogens is 188 g/mol. The fourth-order valence-corrected chi connectivity index (χ4v) is 2.06. The largest absolute Gasteiger partial charge is 0.232 e. The van der Waals surface area contributed by atoms with Crippen LogP contribution in [0, 0.1) is 0 Å². The first-order chi connectivity index (χ1) is 7.04. The molecule has 0 bridgehead atoms. The fraction of sp³-hybridized carbons (Fsp3) is 1.00. The highest BCUT2D eigenvalue weighted by Crippen LogP contribution is 2.30. The molecule has 2 fully saturated rings. The Morgan fingerprint density at radius 1 is 0.867 bits per heavy atom. The summed E-state index contributed by atoms with van der Waals surface area (Å²) in [5.74, 6) is 0. The molecule has 0 radical (unpaired) electrons. The number of nitrogens with zero attached hydrogens (tertiary/aromatic N) is 2. The van der Waals surface area contributed by atoms with Gasteiger partial charge >= 0.3 is 0 Å². The predicted octanol–water partition coefficient (Wildman–Crippen LogP) is 1.27. The Morgan fingerprint density at radius 3 is 1.53 bits per heavy atom. The van der Waals surface area contributed by atoms with Crippen molar-refractivity contribution in [3.05, 3.63) is 0 Å². The van der Waals surface area contributed by atoms with Gasteiger partial charge in [0.25, 0.3) is 0 Å². The molecule has 2 heterocycles. The highest BCUT2D eigenvalue weighted by atomic mass is 15.8. The minimum Gasteiger partial charge on any atom is -0.232 e. The Labute approximate surface area is 92.9 Å². The molecule has 4 heteroatoms. The number of hydrogen-bond donors (Lipinski definition) is 2. The first kappa shape index (κ1) is 11.3. The maximum absolute atomic E-state index is 3.42. The van der Waals surface area contributed by atoms with Crippen molar-refractivity contribution >= 4 is 0 Å². The molecule has 0 spiro atoms. The van der Waals surface area contributed by atoms with Crippen LogP contribution in [0.15, 0.2) is 0 Å². The Balaban J connectivity index is 1.58. The number of nitrogens with one attached hydrogen (secondary N) is 2. The maximum Gasteiger partial charge on any atom is 0.0943 e. The number of rotatable bonds is 6. The molecule has 2 aliphatic heterocycles. The summed E-state index contributed by atoms with van der Waals surface area (Å²) in [7, 11) is 0. The summed E-state index contributed by atoms with van der Waals surface area (Å²) >= 11 is 0. The smallest absolute Gasteiger partial charge is 0.0943 e. The molecule has 2 N–H and O–H groups in total. The van der Waals surface area contributed by atoms with Crippen LogP contribution in [0.1, 0.15) is 47.0 Å². The zero-order valence-corrected chi connectivity index (χ0v) is 10.4. The van der Waals surface area contributed by atoms with Gasteiger partial charge in [-0.3, -0.25) is 0 Å². The van der Waals surface area contributed by atoms with Crippen LogP contribution in [0.5, 0.6) is 0 Å². The molecule has 3 unspecified atom stereocenters. The molecule has 15 heavy (non-hydrogen) atoms. The summed E-state index contributed by atoms with van der Waals surface area (Å²) < 4.78 is 0. The molecule has 88 valence electrons. The van der Waals surface area contributed by atoms with E-state index in [9.17, 15) is 0 Å². The lowest BCUT2D eigenvalue weighted by Gasteiger charge is -2.08. The lowest BCUT2D eigenvalue weighted by molar-refractivity contribution is 0.351. The lowest BCUT2D eigenvalue weighted by Crippen LogP contribution is -2.18. The zero-order chi connectivity index (χ0) is 11.1. The normalized spacial score (nSPS) is 48.0. The minimum absolute atomic E-state index is 0.292. The van der Waals surface area contributed by atoms with Crippen LogP contribution in [0.2, 0.25) is 0 Å². The van der Waals surface area contributed by atoms with E-state index in [1.54, 1.807) is 0 Å². The van der Waals surface area contributed by atoms with Gasteiger partial charge in [0.1, 0.15) is 0 Å². The Bertz CT molecular complexity index is 221. The average molecular weight is 212 g/mol. The van der Waals surface area contributed by atoms with E-state index in [-0.39, 0.29) is 0 Å². The van der Waals surface area contributed by atoms with Gasteiger partial charge in [-0.25, -0.2) is 20.9 Å². The summed E-state index contributed by atoms with van der Waals surface area (Å²) in [5, 5.41) is 4.69. The molecule has 2 rings (SSSR count). The van der Waals surface area contributed by atoms with Crippen molar-refractivity contribution in [3.8, 4) is 0 Å². The van der Waals surface area contributed by atoms with E-state index in [4.69, 9.17) is 0 Å². The fourth-order valence-electron chi connectivity index (χ4n) is 2.06. The molecule has 2 aliphatic rings. The van der Waals surface area contributed by atoms with Gasteiger partial charge in [0, 0.05) is 13.1 Å². The van der Waals surface area contributed by atoms with E-state index in [0.717, 1.165) is 13.1 Å². The van der Waals surface area contributed by atoms with E-state index >= 15 is 0 Å². The Kier molecular flexibility index (Phi) is 2.79. The molecule has 0 aromatic rings. The standard InChI is InChI=1S/C11H24N4/c1-5-10(3)12-14(10)8-7-9-15-11(4,6-2)13-15/h12-13H,5-9H2,1-4H3/t10-,11?,14?,15?/m0/s1. The molecule has 0 aromatic carbocycles. The molecule has 0 amide bonds. The number of hydrazine groups is 2. The maximum atomic E-state index is 3.42. The molecule has 2 saturated heterocycles. The van der Waals surface area contributed by atoms with Crippen molar-refractivity contribution < 1.29 is 0 Å². The minimum atomic E-state index is 0.292. The summed E-state index contributed by atoms with van der Waals surface area (Å²) in [4.78, 5) is 0. The van der Waals surface area contributed by atoms with Gasteiger partial charge in [-0.05, 0) is 33.1 Å². The first-order valence-corrected chi connectivity index (χ1v) is 6.15. The van der Waals surface area contributed by atoms with Crippen LogP contribution in [-0.2, 0) is 0 Å². The Morgan fingerprint density at radius 2 is 1.27 bits per heavy atom. The van der Waals surface area contributed by atoms with Crippen LogP contribution in [0.25, 0.3) is 0 Å². The predicted molar refractivity (Wildman–Crippen MR) is 61.7 cm³/mol. The van der Waals surface area contributed by atoms with Crippen LogP contribution in [0.3, 0.4) is 0 Å². The van der Waals surface area contributed by atoms with Crippen molar-refractivity contribution in [2.75, 3.05) is 13.1 Å². The summed E-state index contributed by atoms with van der Waals surface area (Å²) in [6.45, 7) is 11.3. The number of hydrogen-bond acceptors (Lipinski definition) is 4. The van der Waals surface area contributed by atoms with E-state index < -0.39 is 0 Å². The molecule has 0 aromatic heterocycles. The van der Waals surface area contributed by atoms with E-state index in [1.807, 2.05) is 0 Å². The molecular formula is C11H24N4. The molecule has 0 aliphatic carbocycles. The van der Waals surface area contributed by atoms with Gasteiger partial charge in [-0.15, -0.1) is 0 Å². The monoisotopic (exact) mass is 212 g/mol. The molecule has 4 atom stereocenters.